The lowest BCUT2D eigenvalue weighted by atomic mass is 9.97. The van der Waals surface area contributed by atoms with Crippen LogP contribution < -0.4 is 5.73 Å². The Bertz CT molecular complexity index is 242. The van der Waals surface area contributed by atoms with E-state index in [1.54, 1.807) is 7.11 Å². The van der Waals surface area contributed by atoms with Crippen LogP contribution in [0.2, 0.25) is 0 Å². The predicted octanol–water partition coefficient (Wildman–Crippen LogP) is 1.61. The number of hydrogen-bond donors (Lipinski definition) is 2. The Balaban J connectivity index is 2.23. The highest BCUT2D eigenvalue weighted by Crippen LogP contribution is 2.35. The monoisotopic (exact) mass is 272 g/mol. The van der Waals surface area contributed by atoms with Crippen molar-refractivity contribution in [3.05, 3.63) is 0 Å². The third-order valence-corrected chi connectivity index (χ3v) is 4.27. The highest BCUT2D eigenvalue weighted by molar-refractivity contribution is 4.85. The minimum absolute atomic E-state index is 0.0683. The van der Waals surface area contributed by atoms with E-state index < -0.39 is 5.54 Å². The number of nitrogens with two attached hydrogens (primary N) is 1. The highest BCUT2D eigenvalue weighted by Gasteiger charge is 2.31. The van der Waals surface area contributed by atoms with Crippen LogP contribution in [0.15, 0.2) is 0 Å². The third kappa shape index (κ3) is 6.70. The molecule has 0 bridgehead atoms. The van der Waals surface area contributed by atoms with Crippen LogP contribution in [-0.2, 0) is 4.74 Å². The molecule has 0 aromatic rings. The first-order valence-corrected chi connectivity index (χ1v) is 7.63. The van der Waals surface area contributed by atoms with Gasteiger partial charge in [0.25, 0.3) is 0 Å². The molecule has 2 atom stereocenters. The van der Waals surface area contributed by atoms with E-state index in [4.69, 9.17) is 15.6 Å². The normalized spacial score (nSPS) is 20.5. The third-order valence-electron chi connectivity index (χ3n) is 4.27. The van der Waals surface area contributed by atoms with Gasteiger partial charge in [0.1, 0.15) is 0 Å². The molecule has 3 N–H and O–H groups in total. The van der Waals surface area contributed by atoms with Crippen LogP contribution in [0.3, 0.4) is 0 Å². The molecular weight excluding hydrogens is 240 g/mol. The van der Waals surface area contributed by atoms with Gasteiger partial charge in [0.05, 0.1) is 13.2 Å². The SMILES string of the molecule is COCCN(CCCCC(C)(N)CO)C(C)C1CC1. The van der Waals surface area contributed by atoms with Gasteiger partial charge < -0.3 is 15.6 Å². The fraction of sp³-hybridized carbons (Fsp3) is 1.00. The standard InChI is InChI=1S/C15H32N2O2/c1-13(14-6-7-14)17(10-11-19-3)9-5-4-8-15(2,16)12-18/h13-14,18H,4-12,16H2,1-3H3. The Labute approximate surface area is 118 Å². The molecule has 1 aliphatic carbocycles. The molecule has 1 aliphatic rings. The zero-order chi connectivity index (χ0) is 14.3. The quantitative estimate of drug-likeness (QED) is 0.561. The summed E-state index contributed by atoms with van der Waals surface area (Å²) in [4.78, 5) is 2.55. The van der Waals surface area contributed by atoms with Crippen LogP contribution in [-0.4, -0.2) is 55.0 Å². The van der Waals surface area contributed by atoms with Crippen molar-refractivity contribution in [1.82, 2.24) is 4.90 Å². The Morgan fingerprint density at radius 1 is 1.37 bits per heavy atom. The van der Waals surface area contributed by atoms with Gasteiger partial charge in [0.15, 0.2) is 0 Å². The van der Waals surface area contributed by atoms with Crippen LogP contribution in [0, 0.1) is 5.92 Å². The zero-order valence-corrected chi connectivity index (χ0v) is 12.9. The molecule has 0 aliphatic heterocycles. The summed E-state index contributed by atoms with van der Waals surface area (Å²) in [6.45, 7) is 7.27. The van der Waals surface area contributed by atoms with Gasteiger partial charge in [-0.1, -0.05) is 6.42 Å². The van der Waals surface area contributed by atoms with Gasteiger partial charge in [-0.15, -0.1) is 0 Å². The molecule has 0 spiro atoms. The number of unbranched alkanes of at least 4 members (excludes halogenated alkanes) is 1. The van der Waals surface area contributed by atoms with Crippen LogP contribution in [0.1, 0.15) is 46.0 Å². The maximum absolute atomic E-state index is 9.14. The minimum Gasteiger partial charge on any atom is -0.394 e. The van der Waals surface area contributed by atoms with Crippen molar-refractivity contribution >= 4 is 0 Å². The second-order valence-corrected chi connectivity index (χ2v) is 6.38. The molecule has 0 saturated heterocycles. The molecule has 4 heteroatoms. The van der Waals surface area contributed by atoms with Gasteiger partial charge in [-0.25, -0.2) is 0 Å². The fourth-order valence-electron chi connectivity index (χ4n) is 2.53. The molecule has 1 rings (SSSR count). The minimum atomic E-state index is -0.417. The Kier molecular flexibility index (Phi) is 7.29. The molecule has 0 heterocycles. The summed E-state index contributed by atoms with van der Waals surface area (Å²) in [5.74, 6) is 0.897. The molecule has 4 nitrogen and oxygen atoms in total. The van der Waals surface area contributed by atoms with E-state index >= 15 is 0 Å². The summed E-state index contributed by atoms with van der Waals surface area (Å²) in [6.07, 6.45) is 5.88. The lowest BCUT2D eigenvalue weighted by Gasteiger charge is -2.29. The van der Waals surface area contributed by atoms with Crippen LogP contribution in [0.4, 0.5) is 0 Å². The number of nitrogens with zero attached hydrogens (tertiary/aromatic N) is 1. The van der Waals surface area contributed by atoms with E-state index in [2.05, 4.69) is 11.8 Å². The van der Waals surface area contributed by atoms with E-state index in [1.165, 1.54) is 12.8 Å². The molecule has 0 radical (unpaired) electrons. The lowest BCUT2D eigenvalue weighted by Crippen LogP contribution is -2.41. The largest absolute Gasteiger partial charge is 0.394 e. The first-order valence-electron chi connectivity index (χ1n) is 7.63. The van der Waals surface area contributed by atoms with Gasteiger partial charge >= 0.3 is 0 Å². The molecule has 1 saturated carbocycles. The van der Waals surface area contributed by atoms with Crippen molar-refractivity contribution in [3.63, 3.8) is 0 Å². The predicted molar refractivity (Wildman–Crippen MR) is 79.2 cm³/mol. The number of aliphatic hydroxyl groups excluding tert-OH is 1. The highest BCUT2D eigenvalue weighted by atomic mass is 16.5. The Morgan fingerprint density at radius 2 is 2.05 bits per heavy atom. The second kappa shape index (κ2) is 8.20. The average molecular weight is 272 g/mol. The maximum Gasteiger partial charge on any atom is 0.0608 e. The van der Waals surface area contributed by atoms with E-state index in [0.717, 1.165) is 44.9 Å². The molecular formula is C15H32N2O2. The van der Waals surface area contributed by atoms with E-state index in [9.17, 15) is 0 Å². The maximum atomic E-state index is 9.14. The van der Waals surface area contributed by atoms with Crippen molar-refractivity contribution in [2.75, 3.05) is 33.4 Å². The summed E-state index contributed by atoms with van der Waals surface area (Å²) in [5, 5.41) is 9.14. The van der Waals surface area contributed by atoms with E-state index in [1.807, 2.05) is 6.92 Å². The van der Waals surface area contributed by atoms with Crippen molar-refractivity contribution in [1.29, 1.82) is 0 Å². The van der Waals surface area contributed by atoms with Crippen LogP contribution >= 0.6 is 0 Å². The van der Waals surface area contributed by atoms with Crippen LogP contribution in [0.25, 0.3) is 0 Å². The summed E-state index contributed by atoms with van der Waals surface area (Å²) in [5.41, 5.74) is 5.53. The zero-order valence-electron chi connectivity index (χ0n) is 12.9. The number of ether oxygens (including phenoxy) is 1. The molecule has 114 valence electrons. The Hall–Kier alpha value is -0.160. The van der Waals surface area contributed by atoms with E-state index in [-0.39, 0.29) is 6.61 Å². The van der Waals surface area contributed by atoms with Crippen molar-refractivity contribution in [2.24, 2.45) is 11.7 Å². The number of hydrogen-bond acceptors (Lipinski definition) is 4. The number of methoxy groups -OCH3 is 1. The van der Waals surface area contributed by atoms with Crippen LogP contribution in [0.5, 0.6) is 0 Å². The molecule has 1 fully saturated rings. The molecule has 2 unspecified atom stereocenters. The van der Waals surface area contributed by atoms with Crippen molar-refractivity contribution in [3.8, 4) is 0 Å². The first-order chi connectivity index (χ1) is 9.00. The van der Waals surface area contributed by atoms with Gasteiger partial charge in [-0.2, -0.15) is 0 Å². The summed E-state index contributed by atoms with van der Waals surface area (Å²) < 4.78 is 5.21. The summed E-state index contributed by atoms with van der Waals surface area (Å²) in [7, 11) is 1.76. The fourth-order valence-corrected chi connectivity index (χ4v) is 2.53. The molecule has 19 heavy (non-hydrogen) atoms. The smallest absolute Gasteiger partial charge is 0.0608 e. The number of aliphatic hydroxyl groups is 1. The molecule has 0 aromatic carbocycles. The van der Waals surface area contributed by atoms with Gasteiger partial charge in [-0.05, 0) is 52.0 Å². The molecule has 0 amide bonds. The van der Waals surface area contributed by atoms with Crippen molar-refractivity contribution in [2.45, 2.75) is 57.5 Å². The number of rotatable bonds is 11. The first kappa shape index (κ1) is 16.9. The summed E-state index contributed by atoms with van der Waals surface area (Å²) in [6, 6.07) is 0.678. The topological polar surface area (TPSA) is 58.7 Å². The van der Waals surface area contributed by atoms with E-state index in [0.29, 0.717) is 6.04 Å². The summed E-state index contributed by atoms with van der Waals surface area (Å²) >= 11 is 0. The van der Waals surface area contributed by atoms with Crippen molar-refractivity contribution < 1.29 is 9.84 Å². The average Bonchev–Trinajstić information content (AvgIpc) is 3.21. The van der Waals surface area contributed by atoms with Gasteiger partial charge in [-0.3, -0.25) is 4.90 Å². The second-order valence-electron chi connectivity index (χ2n) is 6.38. The Morgan fingerprint density at radius 3 is 2.58 bits per heavy atom. The van der Waals surface area contributed by atoms with Gasteiger partial charge in [0, 0.05) is 25.2 Å². The van der Waals surface area contributed by atoms with Gasteiger partial charge in [0.2, 0.25) is 0 Å². The lowest BCUT2D eigenvalue weighted by molar-refractivity contribution is 0.114. The molecule has 0 aromatic heterocycles.